The number of halogens is 1. The van der Waals surface area contributed by atoms with Crippen LogP contribution in [0.4, 0.5) is 4.39 Å². The van der Waals surface area contributed by atoms with Crippen molar-refractivity contribution in [2.45, 2.75) is 13.8 Å². The van der Waals surface area contributed by atoms with Crippen LogP contribution in [0.1, 0.15) is 13.8 Å². The van der Waals surface area contributed by atoms with Crippen LogP contribution in [0.5, 0.6) is 0 Å². The van der Waals surface area contributed by atoms with Crippen molar-refractivity contribution in [3.05, 3.63) is 23.8 Å². The average Bonchev–Trinajstić information content (AvgIpc) is 1.83. The van der Waals surface area contributed by atoms with Crippen LogP contribution in [0, 0.1) is 0 Å². The molecule has 0 aliphatic rings. The summed E-state index contributed by atoms with van der Waals surface area (Å²) in [6, 6.07) is 0. The first-order chi connectivity index (χ1) is 3.81. The summed E-state index contributed by atoms with van der Waals surface area (Å²) in [5, 5.41) is 0. The monoisotopic (exact) mass is 114 g/mol. The fraction of sp³-hybridized carbons (Fsp3) is 0.429. The van der Waals surface area contributed by atoms with Gasteiger partial charge in [0.1, 0.15) is 6.67 Å². The lowest BCUT2D eigenvalue weighted by Gasteiger charge is -1.83. The van der Waals surface area contributed by atoms with E-state index < -0.39 is 0 Å². The molecule has 8 heavy (non-hydrogen) atoms. The van der Waals surface area contributed by atoms with Crippen LogP contribution in [0.2, 0.25) is 0 Å². The zero-order valence-electron chi connectivity index (χ0n) is 5.32. The molecule has 0 fully saturated rings. The van der Waals surface area contributed by atoms with Crippen molar-refractivity contribution >= 4 is 0 Å². The number of allylic oxidation sites excluding steroid dienone is 4. The highest BCUT2D eigenvalue weighted by atomic mass is 19.1. The zero-order valence-corrected chi connectivity index (χ0v) is 5.32. The third-order valence-electron chi connectivity index (χ3n) is 0.925. The summed E-state index contributed by atoms with van der Waals surface area (Å²) in [5.74, 6) is 0. The highest BCUT2D eigenvalue weighted by Crippen LogP contribution is 1.92. The van der Waals surface area contributed by atoms with Crippen molar-refractivity contribution in [2.24, 2.45) is 0 Å². The van der Waals surface area contributed by atoms with Gasteiger partial charge in [0.2, 0.25) is 0 Å². The van der Waals surface area contributed by atoms with Gasteiger partial charge >= 0.3 is 0 Å². The van der Waals surface area contributed by atoms with Crippen LogP contribution in [0.25, 0.3) is 0 Å². The number of alkyl halides is 1. The van der Waals surface area contributed by atoms with E-state index in [4.69, 9.17) is 0 Å². The lowest BCUT2D eigenvalue weighted by molar-refractivity contribution is 0.561. The van der Waals surface area contributed by atoms with Crippen molar-refractivity contribution < 1.29 is 4.39 Å². The Kier molecular flexibility index (Phi) is 4.23. The van der Waals surface area contributed by atoms with E-state index in [1.165, 1.54) is 6.08 Å². The normalized spacial score (nSPS) is 13.1. The zero-order chi connectivity index (χ0) is 6.41. The smallest absolute Gasteiger partial charge is 0.108 e. The summed E-state index contributed by atoms with van der Waals surface area (Å²) < 4.78 is 11.4. The Labute approximate surface area is 49.7 Å². The third kappa shape index (κ3) is 3.59. The van der Waals surface area contributed by atoms with Crippen molar-refractivity contribution in [1.82, 2.24) is 0 Å². The van der Waals surface area contributed by atoms with Gasteiger partial charge in [-0.15, -0.1) is 0 Å². The number of hydrogen-bond donors (Lipinski definition) is 0. The van der Waals surface area contributed by atoms with Crippen LogP contribution in [-0.4, -0.2) is 6.67 Å². The van der Waals surface area contributed by atoms with E-state index in [-0.39, 0.29) is 6.67 Å². The van der Waals surface area contributed by atoms with Gasteiger partial charge in [0.25, 0.3) is 0 Å². The molecule has 0 saturated heterocycles. The number of hydrogen-bond acceptors (Lipinski definition) is 0. The summed E-state index contributed by atoms with van der Waals surface area (Å²) in [5.41, 5.74) is 1.10. The Balaban J connectivity index is 3.53. The van der Waals surface area contributed by atoms with Gasteiger partial charge in [-0.05, 0) is 13.8 Å². The van der Waals surface area contributed by atoms with Gasteiger partial charge in [0.05, 0.1) is 0 Å². The molecule has 0 aromatic rings. The van der Waals surface area contributed by atoms with Gasteiger partial charge in [0, 0.05) is 0 Å². The van der Waals surface area contributed by atoms with Crippen molar-refractivity contribution in [1.29, 1.82) is 0 Å². The molecular weight excluding hydrogens is 103 g/mol. The lowest BCUT2D eigenvalue weighted by Crippen LogP contribution is -1.65. The Hall–Kier alpha value is -0.590. The van der Waals surface area contributed by atoms with Crippen LogP contribution >= 0.6 is 0 Å². The van der Waals surface area contributed by atoms with E-state index >= 15 is 0 Å². The van der Waals surface area contributed by atoms with Crippen molar-refractivity contribution in [3.8, 4) is 0 Å². The van der Waals surface area contributed by atoms with Crippen LogP contribution in [-0.2, 0) is 0 Å². The highest BCUT2D eigenvalue weighted by molar-refractivity contribution is 5.14. The van der Waals surface area contributed by atoms with E-state index in [1.54, 1.807) is 6.08 Å². The number of rotatable bonds is 2. The molecule has 0 amide bonds. The maximum atomic E-state index is 11.4. The first-order valence-electron chi connectivity index (χ1n) is 2.66. The Morgan fingerprint density at radius 1 is 1.62 bits per heavy atom. The molecule has 1 heteroatoms. The van der Waals surface area contributed by atoms with Gasteiger partial charge in [-0.1, -0.05) is 23.8 Å². The summed E-state index contributed by atoms with van der Waals surface area (Å²) in [6.45, 7) is 3.50. The summed E-state index contributed by atoms with van der Waals surface area (Å²) in [4.78, 5) is 0. The van der Waals surface area contributed by atoms with E-state index in [1.807, 2.05) is 19.9 Å². The van der Waals surface area contributed by atoms with Crippen molar-refractivity contribution in [2.75, 3.05) is 6.67 Å². The largest absolute Gasteiger partial charge is 0.247 e. The van der Waals surface area contributed by atoms with E-state index in [0.29, 0.717) is 0 Å². The fourth-order valence-corrected chi connectivity index (χ4v) is 0.327. The molecule has 0 atom stereocenters. The van der Waals surface area contributed by atoms with Gasteiger partial charge in [-0.2, -0.15) is 0 Å². The summed E-state index contributed by atoms with van der Waals surface area (Å²) in [6.07, 6.45) is 5.20. The molecule has 0 N–H and O–H groups in total. The molecule has 0 spiro atoms. The second kappa shape index (κ2) is 4.57. The molecule has 0 aromatic heterocycles. The maximum absolute atomic E-state index is 11.4. The first kappa shape index (κ1) is 7.41. The molecular formula is C7H11F. The molecule has 0 aliphatic heterocycles. The van der Waals surface area contributed by atoms with Crippen LogP contribution < -0.4 is 0 Å². The van der Waals surface area contributed by atoms with Gasteiger partial charge in [-0.25, -0.2) is 4.39 Å². The molecule has 0 saturated carbocycles. The molecule has 0 aromatic carbocycles. The second-order valence-electron chi connectivity index (χ2n) is 1.59. The molecule has 0 radical (unpaired) electrons. The lowest BCUT2D eigenvalue weighted by atomic mass is 10.3. The molecule has 0 aliphatic carbocycles. The van der Waals surface area contributed by atoms with Crippen LogP contribution in [0.15, 0.2) is 23.8 Å². The van der Waals surface area contributed by atoms with Crippen molar-refractivity contribution in [3.63, 3.8) is 0 Å². The highest BCUT2D eigenvalue weighted by Gasteiger charge is 1.73. The molecule has 0 heterocycles. The predicted octanol–water partition coefficient (Wildman–Crippen LogP) is 2.48. The Bertz CT molecular complexity index is 101. The topological polar surface area (TPSA) is 0 Å². The minimum absolute atomic E-state index is 0.370. The SMILES string of the molecule is CC=C(C)C=CCF. The van der Waals surface area contributed by atoms with Gasteiger partial charge in [0.15, 0.2) is 0 Å². The molecule has 0 bridgehead atoms. The van der Waals surface area contributed by atoms with E-state index in [0.717, 1.165) is 5.57 Å². The van der Waals surface area contributed by atoms with E-state index in [2.05, 4.69) is 0 Å². The quantitative estimate of drug-likeness (QED) is 0.484. The fourth-order valence-electron chi connectivity index (χ4n) is 0.327. The molecule has 0 nitrogen and oxygen atoms in total. The predicted molar refractivity (Wildman–Crippen MR) is 34.5 cm³/mol. The molecule has 46 valence electrons. The minimum atomic E-state index is -0.370. The molecule has 0 unspecified atom stereocenters. The van der Waals surface area contributed by atoms with Gasteiger partial charge in [-0.3, -0.25) is 0 Å². The second-order valence-corrected chi connectivity index (χ2v) is 1.59. The summed E-state index contributed by atoms with van der Waals surface area (Å²) >= 11 is 0. The summed E-state index contributed by atoms with van der Waals surface area (Å²) in [7, 11) is 0. The maximum Gasteiger partial charge on any atom is 0.108 e. The van der Waals surface area contributed by atoms with Crippen LogP contribution in [0.3, 0.4) is 0 Å². The van der Waals surface area contributed by atoms with Gasteiger partial charge < -0.3 is 0 Å². The Morgan fingerprint density at radius 3 is 2.62 bits per heavy atom. The third-order valence-corrected chi connectivity index (χ3v) is 0.925. The first-order valence-corrected chi connectivity index (χ1v) is 2.66. The van der Waals surface area contributed by atoms with E-state index in [9.17, 15) is 4.39 Å². The Morgan fingerprint density at radius 2 is 2.25 bits per heavy atom. The molecule has 0 rings (SSSR count). The average molecular weight is 114 g/mol. The minimum Gasteiger partial charge on any atom is -0.247 e. The standard InChI is InChI=1S/C7H11F/c1-3-7(2)5-4-6-8/h3-5H,6H2,1-2H3.